The van der Waals surface area contributed by atoms with Crippen LogP contribution < -0.4 is 10.0 Å². The monoisotopic (exact) mass is 325 g/mol. The highest BCUT2D eigenvalue weighted by Crippen LogP contribution is 2.16. The van der Waals surface area contributed by atoms with Crippen molar-refractivity contribution < 1.29 is 8.42 Å². The van der Waals surface area contributed by atoms with Gasteiger partial charge in [0, 0.05) is 25.4 Å². The molecule has 0 radical (unpaired) electrons. The van der Waals surface area contributed by atoms with Crippen molar-refractivity contribution in [3.63, 3.8) is 0 Å². The summed E-state index contributed by atoms with van der Waals surface area (Å²) in [5, 5.41) is 5.72. The Kier molecular flexibility index (Phi) is 4.97. The van der Waals surface area contributed by atoms with Crippen LogP contribution in [0.3, 0.4) is 0 Å². The number of aromatic nitrogens is 1. The molecule has 0 saturated carbocycles. The fraction of sp³-hybridized carbons (Fsp3) is 0.357. The van der Waals surface area contributed by atoms with Crippen LogP contribution in [0.2, 0.25) is 0 Å². The molecule has 0 aliphatic rings. The number of benzene rings is 1. The lowest BCUT2D eigenvalue weighted by Gasteiger charge is -2.08. The summed E-state index contributed by atoms with van der Waals surface area (Å²) in [5.41, 5.74) is 2.93. The number of hydrogen-bond donors (Lipinski definition) is 2. The Bertz CT molecular complexity index is 724. The van der Waals surface area contributed by atoms with Gasteiger partial charge in [-0.3, -0.25) is 0 Å². The highest BCUT2D eigenvalue weighted by Gasteiger charge is 2.14. The molecule has 0 fully saturated rings. The van der Waals surface area contributed by atoms with Gasteiger partial charge in [0.15, 0.2) is 5.13 Å². The van der Waals surface area contributed by atoms with E-state index < -0.39 is 10.0 Å². The van der Waals surface area contributed by atoms with Crippen LogP contribution in [-0.2, 0) is 16.4 Å². The number of nitrogens with one attached hydrogen (secondary N) is 2. The van der Waals surface area contributed by atoms with Gasteiger partial charge in [-0.15, -0.1) is 11.3 Å². The lowest BCUT2D eigenvalue weighted by molar-refractivity contribution is 0.581. The van der Waals surface area contributed by atoms with Gasteiger partial charge < -0.3 is 5.32 Å². The summed E-state index contributed by atoms with van der Waals surface area (Å²) < 4.78 is 27.0. The van der Waals surface area contributed by atoms with Crippen molar-refractivity contribution in [2.24, 2.45) is 0 Å². The maximum atomic E-state index is 12.2. The summed E-state index contributed by atoms with van der Waals surface area (Å²) in [6, 6.07) is 5.15. The van der Waals surface area contributed by atoms with Gasteiger partial charge >= 0.3 is 0 Å². The average molecular weight is 325 g/mol. The van der Waals surface area contributed by atoms with E-state index in [1.165, 1.54) is 11.3 Å². The molecule has 2 aromatic rings. The SMILES string of the molecule is CNc1nc(CCNS(=O)(=O)c2ccc(C)c(C)c2)cs1. The van der Waals surface area contributed by atoms with Crippen LogP contribution in [0.1, 0.15) is 16.8 Å². The van der Waals surface area contributed by atoms with Crippen LogP contribution in [0.5, 0.6) is 0 Å². The molecule has 0 aliphatic heterocycles. The van der Waals surface area contributed by atoms with E-state index in [1.54, 1.807) is 12.1 Å². The topological polar surface area (TPSA) is 71.1 Å². The number of anilines is 1. The van der Waals surface area contributed by atoms with Gasteiger partial charge in [0.05, 0.1) is 10.6 Å². The van der Waals surface area contributed by atoms with Crippen LogP contribution in [0.4, 0.5) is 5.13 Å². The lowest BCUT2D eigenvalue weighted by atomic mass is 10.1. The first-order valence-electron chi connectivity index (χ1n) is 6.61. The summed E-state index contributed by atoms with van der Waals surface area (Å²) >= 11 is 1.51. The van der Waals surface area contributed by atoms with Gasteiger partial charge in [-0.05, 0) is 37.1 Å². The second kappa shape index (κ2) is 6.55. The summed E-state index contributed by atoms with van der Waals surface area (Å²) in [7, 11) is -1.65. The molecule has 0 amide bonds. The first-order valence-corrected chi connectivity index (χ1v) is 8.98. The van der Waals surface area contributed by atoms with Crippen molar-refractivity contribution in [2.45, 2.75) is 25.2 Å². The van der Waals surface area contributed by atoms with Crippen molar-refractivity contribution >= 4 is 26.5 Å². The normalized spacial score (nSPS) is 11.6. The van der Waals surface area contributed by atoms with Gasteiger partial charge in [-0.1, -0.05) is 6.07 Å². The van der Waals surface area contributed by atoms with E-state index in [0.29, 0.717) is 17.9 Å². The van der Waals surface area contributed by atoms with E-state index in [9.17, 15) is 8.42 Å². The lowest BCUT2D eigenvalue weighted by Crippen LogP contribution is -2.26. The smallest absolute Gasteiger partial charge is 0.240 e. The number of rotatable bonds is 6. The second-order valence-electron chi connectivity index (χ2n) is 4.79. The zero-order valence-corrected chi connectivity index (χ0v) is 13.9. The van der Waals surface area contributed by atoms with Crippen LogP contribution in [0.15, 0.2) is 28.5 Å². The number of nitrogens with zero attached hydrogens (tertiary/aromatic N) is 1. The summed E-state index contributed by atoms with van der Waals surface area (Å²) in [5.74, 6) is 0. The molecule has 114 valence electrons. The van der Waals surface area contributed by atoms with Gasteiger partial charge in [0.25, 0.3) is 0 Å². The van der Waals surface area contributed by atoms with Gasteiger partial charge in [-0.25, -0.2) is 18.1 Å². The van der Waals surface area contributed by atoms with Gasteiger partial charge in [-0.2, -0.15) is 0 Å². The van der Waals surface area contributed by atoms with Crippen LogP contribution >= 0.6 is 11.3 Å². The number of thiazole rings is 1. The molecule has 21 heavy (non-hydrogen) atoms. The molecule has 2 rings (SSSR count). The third-order valence-electron chi connectivity index (χ3n) is 3.23. The molecule has 2 N–H and O–H groups in total. The summed E-state index contributed by atoms with van der Waals surface area (Å²) in [6.07, 6.45) is 0.572. The van der Waals surface area contributed by atoms with Crippen LogP contribution in [0.25, 0.3) is 0 Å². The Hall–Kier alpha value is -1.44. The highest BCUT2D eigenvalue weighted by molar-refractivity contribution is 7.89. The number of sulfonamides is 1. The Morgan fingerprint density at radius 3 is 2.62 bits per heavy atom. The zero-order chi connectivity index (χ0) is 15.5. The van der Waals surface area contributed by atoms with E-state index in [-0.39, 0.29) is 0 Å². The third kappa shape index (κ3) is 4.03. The molecule has 1 aromatic carbocycles. The maximum absolute atomic E-state index is 12.2. The average Bonchev–Trinajstić information content (AvgIpc) is 2.89. The van der Waals surface area contributed by atoms with Crippen LogP contribution in [0, 0.1) is 13.8 Å². The number of hydrogen-bond acceptors (Lipinski definition) is 5. The highest BCUT2D eigenvalue weighted by atomic mass is 32.2. The fourth-order valence-corrected chi connectivity index (χ4v) is 3.64. The molecule has 1 heterocycles. The van der Waals surface area contributed by atoms with Crippen molar-refractivity contribution in [2.75, 3.05) is 18.9 Å². The third-order valence-corrected chi connectivity index (χ3v) is 5.59. The fourth-order valence-electron chi connectivity index (χ4n) is 1.81. The van der Waals surface area contributed by atoms with E-state index in [2.05, 4.69) is 15.0 Å². The Morgan fingerprint density at radius 2 is 2.00 bits per heavy atom. The van der Waals surface area contributed by atoms with Crippen molar-refractivity contribution in [3.8, 4) is 0 Å². The second-order valence-corrected chi connectivity index (χ2v) is 7.41. The molecule has 5 nitrogen and oxygen atoms in total. The molecule has 7 heteroatoms. The quantitative estimate of drug-likeness (QED) is 0.855. The minimum absolute atomic E-state index is 0.305. The molecule has 0 saturated heterocycles. The van der Waals surface area contributed by atoms with E-state index in [4.69, 9.17) is 0 Å². The molecule has 0 spiro atoms. The zero-order valence-electron chi connectivity index (χ0n) is 12.3. The van der Waals surface area contributed by atoms with E-state index in [1.807, 2.05) is 32.3 Å². The maximum Gasteiger partial charge on any atom is 0.240 e. The summed E-state index contributed by atoms with van der Waals surface area (Å²) in [4.78, 5) is 4.62. The Balaban J connectivity index is 1.99. The molecule has 1 aromatic heterocycles. The Labute approximate surface area is 129 Å². The van der Waals surface area contributed by atoms with E-state index >= 15 is 0 Å². The van der Waals surface area contributed by atoms with E-state index in [0.717, 1.165) is 22.0 Å². The van der Waals surface area contributed by atoms with Crippen molar-refractivity contribution in [1.82, 2.24) is 9.71 Å². The predicted octanol–water partition coefficient (Wildman–Crippen LogP) is 2.32. The molecular formula is C14H19N3O2S2. The number of aryl methyl sites for hydroxylation is 2. The molecule has 0 aliphatic carbocycles. The first-order chi connectivity index (χ1) is 9.92. The van der Waals surface area contributed by atoms with Crippen molar-refractivity contribution in [1.29, 1.82) is 0 Å². The first kappa shape index (κ1) is 15.9. The molecular weight excluding hydrogens is 306 g/mol. The summed E-state index contributed by atoms with van der Waals surface area (Å²) in [6.45, 7) is 4.20. The molecule has 0 unspecified atom stereocenters. The van der Waals surface area contributed by atoms with Gasteiger partial charge in [0.1, 0.15) is 0 Å². The Morgan fingerprint density at radius 1 is 1.24 bits per heavy atom. The molecule has 0 atom stereocenters. The minimum atomic E-state index is -3.46. The largest absolute Gasteiger partial charge is 0.365 e. The molecule has 0 bridgehead atoms. The van der Waals surface area contributed by atoms with Crippen molar-refractivity contribution in [3.05, 3.63) is 40.4 Å². The van der Waals surface area contributed by atoms with Gasteiger partial charge in [0.2, 0.25) is 10.0 Å². The minimum Gasteiger partial charge on any atom is -0.365 e. The predicted molar refractivity (Wildman–Crippen MR) is 86.5 cm³/mol. The van der Waals surface area contributed by atoms with Crippen LogP contribution in [-0.4, -0.2) is 27.0 Å². The standard InChI is InChI=1S/C14H19N3O2S2/c1-10-4-5-13(8-11(10)2)21(18,19)16-7-6-12-9-20-14(15-3)17-12/h4-5,8-9,16H,6-7H2,1-3H3,(H,15,17).